The second-order valence-corrected chi connectivity index (χ2v) is 6.98. The van der Waals surface area contributed by atoms with Crippen LogP contribution >= 0.6 is 50.7 Å². The molecule has 0 fully saturated rings. The minimum atomic E-state index is -0.660. The van der Waals surface area contributed by atoms with E-state index < -0.39 is 5.63 Å². The van der Waals surface area contributed by atoms with Crippen molar-refractivity contribution in [1.29, 1.82) is 0 Å². The van der Waals surface area contributed by atoms with Crippen molar-refractivity contribution in [3.63, 3.8) is 0 Å². The molecule has 4 aromatic heterocycles. The van der Waals surface area contributed by atoms with Gasteiger partial charge in [-0.05, 0) is 34.1 Å². The monoisotopic (exact) mass is 471 g/mol. The summed E-state index contributed by atoms with van der Waals surface area (Å²) in [4.78, 5) is 24.8. The number of hydrogen-bond acceptors (Lipinski definition) is 6. The molecule has 7 nitrogen and oxygen atoms in total. The Morgan fingerprint density at radius 2 is 1.96 bits per heavy atom. The SMILES string of the molecule is O=c1oc(-c2cc(Br)nn2-c2ncccc2Cl)nc2c(Cl)nc(Cl)cc12. The summed E-state index contributed by atoms with van der Waals surface area (Å²) in [5.74, 6) is 0.327. The Kier molecular flexibility index (Phi) is 4.44. The van der Waals surface area contributed by atoms with Crippen molar-refractivity contribution in [1.82, 2.24) is 24.7 Å². The Balaban J connectivity index is 2.01. The van der Waals surface area contributed by atoms with Crippen LogP contribution in [0.25, 0.3) is 28.3 Å². The van der Waals surface area contributed by atoms with Crippen molar-refractivity contribution in [2.24, 2.45) is 0 Å². The average molecular weight is 474 g/mol. The van der Waals surface area contributed by atoms with Gasteiger partial charge in [0.25, 0.3) is 0 Å². The lowest BCUT2D eigenvalue weighted by molar-refractivity contribution is 0.513. The van der Waals surface area contributed by atoms with Crippen molar-refractivity contribution in [2.45, 2.75) is 0 Å². The van der Waals surface area contributed by atoms with Crippen molar-refractivity contribution in [3.05, 3.63) is 60.8 Å². The molecular formula is C15H5BrCl3N5O2. The second-order valence-electron chi connectivity index (χ2n) is 5.01. The fourth-order valence-corrected chi connectivity index (χ4v) is 3.36. The van der Waals surface area contributed by atoms with E-state index in [1.165, 1.54) is 10.7 Å². The predicted octanol–water partition coefficient (Wildman–Crippen LogP) is 4.55. The summed E-state index contributed by atoms with van der Waals surface area (Å²) >= 11 is 21.4. The van der Waals surface area contributed by atoms with Crippen LogP contribution in [0.15, 0.2) is 44.3 Å². The Morgan fingerprint density at radius 1 is 1.15 bits per heavy atom. The summed E-state index contributed by atoms with van der Waals surface area (Å²) < 4.78 is 7.21. The number of pyridine rings is 2. The van der Waals surface area contributed by atoms with Gasteiger partial charge >= 0.3 is 5.63 Å². The standard InChI is InChI=1S/C15H5BrCl3N5O2/c16-9-5-8(24(23-9)13-7(17)2-1-3-20-13)14-22-11-6(15(25)26-14)4-10(18)21-12(11)19/h1-5H. The van der Waals surface area contributed by atoms with Gasteiger partial charge in [-0.1, -0.05) is 34.8 Å². The fraction of sp³-hybridized carbons (Fsp3) is 0. The summed E-state index contributed by atoms with van der Waals surface area (Å²) in [6.45, 7) is 0. The maximum absolute atomic E-state index is 12.4. The smallest absolute Gasteiger partial charge is 0.347 e. The van der Waals surface area contributed by atoms with Crippen LogP contribution in [0, 0.1) is 0 Å². The average Bonchev–Trinajstić information content (AvgIpc) is 2.97. The van der Waals surface area contributed by atoms with E-state index in [1.807, 2.05) is 0 Å². The lowest BCUT2D eigenvalue weighted by atomic mass is 10.3. The van der Waals surface area contributed by atoms with Gasteiger partial charge in [0.05, 0.1) is 10.4 Å². The van der Waals surface area contributed by atoms with Crippen molar-refractivity contribution in [2.75, 3.05) is 0 Å². The van der Waals surface area contributed by atoms with Gasteiger partial charge in [0.15, 0.2) is 11.0 Å². The Labute approximate surface area is 168 Å². The van der Waals surface area contributed by atoms with Gasteiger partial charge in [0, 0.05) is 12.3 Å². The summed E-state index contributed by atoms with van der Waals surface area (Å²) in [5, 5.41) is 4.82. The normalized spacial score (nSPS) is 11.2. The third kappa shape index (κ3) is 2.99. The van der Waals surface area contributed by atoms with Crippen LogP contribution in [-0.2, 0) is 0 Å². The van der Waals surface area contributed by atoms with Gasteiger partial charge in [0.1, 0.15) is 21.0 Å². The van der Waals surface area contributed by atoms with E-state index in [0.29, 0.717) is 21.1 Å². The molecule has 0 atom stereocenters. The molecule has 0 aliphatic heterocycles. The maximum atomic E-state index is 12.4. The fourth-order valence-electron chi connectivity index (χ4n) is 2.32. The molecule has 0 unspecified atom stereocenters. The lowest BCUT2D eigenvalue weighted by Gasteiger charge is -2.07. The molecule has 0 aliphatic rings. The summed E-state index contributed by atoms with van der Waals surface area (Å²) in [6.07, 6.45) is 1.56. The summed E-state index contributed by atoms with van der Waals surface area (Å²) in [5.41, 5.74) is -0.145. The lowest BCUT2D eigenvalue weighted by Crippen LogP contribution is -2.08. The number of fused-ring (bicyclic) bond motifs is 1. The quantitative estimate of drug-likeness (QED) is 0.397. The highest BCUT2D eigenvalue weighted by Crippen LogP contribution is 2.29. The molecule has 0 N–H and O–H groups in total. The largest absolute Gasteiger partial charge is 0.401 e. The molecule has 4 aromatic rings. The van der Waals surface area contributed by atoms with Crippen LogP contribution in [0.5, 0.6) is 0 Å². The molecule has 26 heavy (non-hydrogen) atoms. The predicted molar refractivity (Wildman–Crippen MR) is 101 cm³/mol. The molecule has 0 saturated heterocycles. The zero-order valence-electron chi connectivity index (χ0n) is 12.5. The van der Waals surface area contributed by atoms with Crippen LogP contribution in [0.4, 0.5) is 0 Å². The van der Waals surface area contributed by atoms with Crippen LogP contribution in [0.1, 0.15) is 0 Å². The zero-order chi connectivity index (χ0) is 18.4. The minimum Gasteiger partial charge on any atom is -0.401 e. The summed E-state index contributed by atoms with van der Waals surface area (Å²) in [6, 6.07) is 6.30. The molecule has 0 bridgehead atoms. The van der Waals surface area contributed by atoms with Crippen molar-refractivity contribution < 1.29 is 4.42 Å². The van der Waals surface area contributed by atoms with E-state index in [-0.39, 0.29) is 27.1 Å². The minimum absolute atomic E-state index is 0.0114. The Bertz CT molecular complexity index is 1220. The number of hydrogen-bond donors (Lipinski definition) is 0. The van der Waals surface area contributed by atoms with E-state index >= 15 is 0 Å². The number of aromatic nitrogens is 5. The maximum Gasteiger partial charge on any atom is 0.347 e. The van der Waals surface area contributed by atoms with Gasteiger partial charge in [0.2, 0.25) is 5.89 Å². The first-order valence-electron chi connectivity index (χ1n) is 6.98. The van der Waals surface area contributed by atoms with E-state index in [9.17, 15) is 4.79 Å². The molecule has 0 amide bonds. The number of nitrogens with zero attached hydrogens (tertiary/aromatic N) is 5. The molecule has 0 radical (unpaired) electrons. The second kappa shape index (κ2) is 6.62. The molecule has 0 saturated carbocycles. The van der Waals surface area contributed by atoms with Gasteiger partial charge in [-0.15, -0.1) is 0 Å². The zero-order valence-corrected chi connectivity index (χ0v) is 16.3. The number of rotatable bonds is 2. The highest BCUT2D eigenvalue weighted by atomic mass is 79.9. The van der Waals surface area contributed by atoms with E-state index in [4.69, 9.17) is 39.2 Å². The molecule has 130 valence electrons. The third-order valence-electron chi connectivity index (χ3n) is 3.38. The van der Waals surface area contributed by atoms with E-state index in [0.717, 1.165) is 0 Å². The molecule has 4 heterocycles. The van der Waals surface area contributed by atoms with Crippen LogP contribution in [-0.4, -0.2) is 24.7 Å². The van der Waals surface area contributed by atoms with Crippen LogP contribution < -0.4 is 5.63 Å². The topological polar surface area (TPSA) is 86.7 Å². The van der Waals surface area contributed by atoms with Gasteiger partial charge in [-0.25, -0.2) is 24.4 Å². The molecule has 11 heteroatoms. The molecule has 0 aromatic carbocycles. The first-order chi connectivity index (χ1) is 12.4. The highest BCUT2D eigenvalue weighted by molar-refractivity contribution is 9.10. The third-order valence-corrected chi connectivity index (χ3v) is 4.52. The first-order valence-corrected chi connectivity index (χ1v) is 8.90. The first kappa shape index (κ1) is 17.4. The summed E-state index contributed by atoms with van der Waals surface area (Å²) in [7, 11) is 0. The van der Waals surface area contributed by atoms with Gasteiger partial charge < -0.3 is 4.42 Å². The Hall–Kier alpha value is -2.00. The Morgan fingerprint density at radius 3 is 2.73 bits per heavy atom. The molecule has 0 aliphatic carbocycles. The molecule has 4 rings (SSSR count). The molecular weight excluding hydrogens is 468 g/mol. The van der Waals surface area contributed by atoms with E-state index in [1.54, 1.807) is 24.4 Å². The molecule has 0 spiro atoms. The van der Waals surface area contributed by atoms with Crippen molar-refractivity contribution >= 4 is 61.6 Å². The van der Waals surface area contributed by atoms with E-state index in [2.05, 4.69) is 36.0 Å². The number of halogens is 4. The van der Waals surface area contributed by atoms with Gasteiger partial charge in [-0.2, -0.15) is 5.10 Å². The van der Waals surface area contributed by atoms with Crippen molar-refractivity contribution in [3.8, 4) is 17.4 Å². The van der Waals surface area contributed by atoms with Crippen LogP contribution in [0.3, 0.4) is 0 Å². The highest BCUT2D eigenvalue weighted by Gasteiger charge is 2.20. The van der Waals surface area contributed by atoms with Gasteiger partial charge in [-0.3, -0.25) is 0 Å². The van der Waals surface area contributed by atoms with Crippen LogP contribution in [0.2, 0.25) is 15.3 Å².